The van der Waals surface area contributed by atoms with Crippen LogP contribution in [-0.2, 0) is 16.4 Å². The van der Waals surface area contributed by atoms with Gasteiger partial charge < -0.3 is 14.4 Å². The van der Waals surface area contributed by atoms with E-state index in [4.69, 9.17) is 9.47 Å². The van der Waals surface area contributed by atoms with Gasteiger partial charge >= 0.3 is 6.18 Å². The molecule has 1 aliphatic heterocycles. The van der Waals surface area contributed by atoms with Crippen molar-refractivity contribution in [2.75, 3.05) is 20.2 Å². The molecule has 1 aromatic heterocycles. The highest BCUT2D eigenvalue weighted by Crippen LogP contribution is 2.53. The maximum Gasteiger partial charge on any atom is 0.433 e. The number of pyridine rings is 1. The number of rotatable bonds is 5. The average Bonchev–Trinajstić information content (AvgIpc) is 3.45. The Kier molecular flexibility index (Phi) is 4.44. The number of carbonyl (C=O) groups is 1. The highest BCUT2D eigenvalue weighted by molar-refractivity contribution is 5.92. The Hall–Kier alpha value is -2.77. The minimum absolute atomic E-state index is 0.0163. The Morgan fingerprint density at radius 1 is 1.21 bits per heavy atom. The molecule has 1 amide bonds. The van der Waals surface area contributed by atoms with E-state index in [9.17, 15) is 18.0 Å². The van der Waals surface area contributed by atoms with Gasteiger partial charge in [0.1, 0.15) is 23.3 Å². The van der Waals surface area contributed by atoms with Crippen LogP contribution >= 0.6 is 0 Å². The molecule has 2 heterocycles. The van der Waals surface area contributed by atoms with E-state index in [0.29, 0.717) is 18.8 Å². The summed E-state index contributed by atoms with van der Waals surface area (Å²) >= 11 is 0. The molecule has 28 heavy (non-hydrogen) atoms. The molecule has 0 N–H and O–H groups in total. The quantitative estimate of drug-likeness (QED) is 0.782. The molecule has 2 aliphatic rings. The first-order valence-electron chi connectivity index (χ1n) is 8.96. The largest absolute Gasteiger partial charge is 0.496 e. The molecule has 0 radical (unpaired) electrons. The zero-order valence-corrected chi connectivity index (χ0v) is 15.2. The van der Waals surface area contributed by atoms with Gasteiger partial charge in [-0.15, -0.1) is 0 Å². The van der Waals surface area contributed by atoms with Gasteiger partial charge in [-0.3, -0.25) is 9.78 Å². The van der Waals surface area contributed by atoms with E-state index >= 15 is 0 Å². The van der Waals surface area contributed by atoms with E-state index in [1.807, 2.05) is 24.3 Å². The van der Waals surface area contributed by atoms with Crippen LogP contribution in [0.2, 0.25) is 0 Å². The first-order valence-corrected chi connectivity index (χ1v) is 8.96. The van der Waals surface area contributed by atoms with Gasteiger partial charge in [-0.05, 0) is 25.0 Å². The lowest BCUT2D eigenvalue weighted by atomic mass is 9.92. The third-order valence-corrected chi connectivity index (χ3v) is 5.24. The number of aromatic nitrogens is 1. The van der Waals surface area contributed by atoms with Crippen LogP contribution < -0.4 is 9.47 Å². The van der Waals surface area contributed by atoms with Crippen LogP contribution in [0.5, 0.6) is 11.5 Å². The van der Waals surface area contributed by atoms with Crippen molar-refractivity contribution >= 4 is 5.91 Å². The summed E-state index contributed by atoms with van der Waals surface area (Å²) in [5, 5.41) is 0. The van der Waals surface area contributed by atoms with E-state index in [-0.39, 0.29) is 17.8 Å². The van der Waals surface area contributed by atoms with E-state index in [1.165, 1.54) is 6.07 Å². The zero-order chi connectivity index (χ0) is 19.9. The second kappa shape index (κ2) is 6.68. The fourth-order valence-corrected chi connectivity index (χ4v) is 3.58. The first kappa shape index (κ1) is 18.6. The molecular formula is C20H19F3N2O3. The van der Waals surface area contributed by atoms with Crippen LogP contribution in [-0.4, -0.2) is 42.1 Å². The Labute approximate surface area is 160 Å². The lowest BCUT2D eigenvalue weighted by Crippen LogP contribution is -2.58. The second-order valence-corrected chi connectivity index (χ2v) is 7.11. The highest BCUT2D eigenvalue weighted by Gasteiger charge is 2.56. The third-order valence-electron chi connectivity index (χ3n) is 5.24. The minimum Gasteiger partial charge on any atom is -0.496 e. The van der Waals surface area contributed by atoms with Gasteiger partial charge in [0.2, 0.25) is 5.91 Å². The molecule has 1 aliphatic carbocycles. The van der Waals surface area contributed by atoms with Crippen LogP contribution in [0.3, 0.4) is 0 Å². The number of nitrogens with zero attached hydrogens (tertiary/aromatic N) is 2. The number of likely N-dealkylation sites (tertiary alicyclic amines) is 1. The lowest BCUT2D eigenvalue weighted by Gasteiger charge is -2.41. The summed E-state index contributed by atoms with van der Waals surface area (Å²) in [4.78, 5) is 18.0. The summed E-state index contributed by atoms with van der Waals surface area (Å²) in [5.41, 5.74) is -0.668. The number of para-hydroxylation sites is 1. The molecule has 1 saturated heterocycles. The molecule has 8 heteroatoms. The monoisotopic (exact) mass is 392 g/mol. The minimum atomic E-state index is -4.52. The number of hydrogen-bond acceptors (Lipinski definition) is 4. The Morgan fingerprint density at radius 2 is 1.93 bits per heavy atom. The van der Waals surface area contributed by atoms with Crippen molar-refractivity contribution in [3.05, 3.63) is 53.9 Å². The third kappa shape index (κ3) is 3.27. The van der Waals surface area contributed by atoms with Gasteiger partial charge in [0.15, 0.2) is 0 Å². The smallest absolute Gasteiger partial charge is 0.433 e. The van der Waals surface area contributed by atoms with E-state index in [2.05, 4.69) is 4.98 Å². The van der Waals surface area contributed by atoms with Crippen molar-refractivity contribution < 1.29 is 27.4 Å². The van der Waals surface area contributed by atoms with Crippen LogP contribution in [0.25, 0.3) is 0 Å². The molecule has 0 spiro atoms. The molecule has 148 valence electrons. The van der Waals surface area contributed by atoms with Gasteiger partial charge in [-0.25, -0.2) is 0 Å². The van der Waals surface area contributed by atoms with Crippen molar-refractivity contribution in [2.45, 2.75) is 30.5 Å². The zero-order valence-electron chi connectivity index (χ0n) is 15.2. The average molecular weight is 392 g/mol. The van der Waals surface area contributed by atoms with Crippen molar-refractivity contribution in [3.8, 4) is 11.5 Å². The predicted molar refractivity (Wildman–Crippen MR) is 94.1 cm³/mol. The fourth-order valence-electron chi connectivity index (χ4n) is 3.58. The Balaban J connectivity index is 1.40. The summed E-state index contributed by atoms with van der Waals surface area (Å²) in [5.74, 6) is 0.811. The van der Waals surface area contributed by atoms with Crippen LogP contribution in [0.1, 0.15) is 24.1 Å². The molecule has 0 atom stereocenters. The number of amides is 1. The molecule has 1 saturated carbocycles. The van der Waals surface area contributed by atoms with E-state index in [1.54, 1.807) is 12.0 Å². The standard InChI is InChI=1S/C20H19F3N2O3/c1-27-16-5-3-2-4-15(16)19(7-8-19)18(26)25-11-14(12-25)28-13-6-9-24-17(10-13)20(21,22)23/h2-6,9-10,14H,7-8,11-12H2,1H3. The summed E-state index contributed by atoms with van der Waals surface area (Å²) < 4.78 is 49.2. The maximum atomic E-state index is 13.0. The van der Waals surface area contributed by atoms with Crippen molar-refractivity contribution in [1.82, 2.24) is 9.88 Å². The SMILES string of the molecule is COc1ccccc1C1(C(=O)N2CC(Oc3ccnc(C(F)(F)F)c3)C2)CC1. The molecule has 2 aromatic rings. The molecular weight excluding hydrogens is 373 g/mol. The van der Waals surface area contributed by atoms with Crippen molar-refractivity contribution in [3.63, 3.8) is 0 Å². The number of benzene rings is 1. The summed E-state index contributed by atoms with van der Waals surface area (Å²) in [6.07, 6.45) is -2.27. The summed E-state index contributed by atoms with van der Waals surface area (Å²) in [6.45, 7) is 0.693. The summed E-state index contributed by atoms with van der Waals surface area (Å²) in [6, 6.07) is 9.76. The first-order chi connectivity index (χ1) is 13.3. The van der Waals surface area contributed by atoms with Crippen LogP contribution in [0, 0.1) is 0 Å². The fraction of sp³-hybridized carbons (Fsp3) is 0.400. The number of ether oxygens (including phenoxy) is 2. The number of carbonyl (C=O) groups excluding carboxylic acids is 1. The predicted octanol–water partition coefficient (Wildman–Crippen LogP) is 3.43. The molecule has 2 fully saturated rings. The summed E-state index contributed by atoms with van der Waals surface area (Å²) in [7, 11) is 1.58. The molecule has 5 nitrogen and oxygen atoms in total. The lowest BCUT2D eigenvalue weighted by molar-refractivity contribution is -0.143. The molecule has 4 rings (SSSR count). The normalized spacial score (nSPS) is 18.4. The number of hydrogen-bond donors (Lipinski definition) is 0. The topological polar surface area (TPSA) is 51.7 Å². The highest BCUT2D eigenvalue weighted by atomic mass is 19.4. The molecule has 0 unspecified atom stereocenters. The Morgan fingerprint density at radius 3 is 2.57 bits per heavy atom. The van der Waals surface area contributed by atoms with Crippen molar-refractivity contribution in [1.29, 1.82) is 0 Å². The van der Waals surface area contributed by atoms with E-state index < -0.39 is 17.3 Å². The Bertz CT molecular complexity index is 890. The van der Waals surface area contributed by atoms with Gasteiger partial charge in [-0.2, -0.15) is 13.2 Å². The van der Waals surface area contributed by atoms with Crippen molar-refractivity contribution in [2.24, 2.45) is 0 Å². The van der Waals surface area contributed by atoms with Crippen LogP contribution in [0.15, 0.2) is 42.6 Å². The maximum absolute atomic E-state index is 13.0. The van der Waals surface area contributed by atoms with Gasteiger partial charge in [-0.1, -0.05) is 18.2 Å². The van der Waals surface area contributed by atoms with Gasteiger partial charge in [0.25, 0.3) is 0 Å². The second-order valence-electron chi connectivity index (χ2n) is 7.11. The van der Waals surface area contributed by atoms with Gasteiger partial charge in [0.05, 0.1) is 25.6 Å². The van der Waals surface area contributed by atoms with E-state index in [0.717, 1.165) is 30.7 Å². The molecule has 0 bridgehead atoms. The number of alkyl halides is 3. The molecule has 1 aromatic carbocycles. The van der Waals surface area contributed by atoms with Crippen LogP contribution in [0.4, 0.5) is 13.2 Å². The number of halogens is 3. The number of methoxy groups -OCH3 is 1. The van der Waals surface area contributed by atoms with Gasteiger partial charge in [0, 0.05) is 17.8 Å².